The lowest BCUT2D eigenvalue weighted by molar-refractivity contribution is 0.169. The van der Waals surface area contributed by atoms with Crippen molar-refractivity contribution in [1.82, 2.24) is 24.6 Å². The first-order valence-electron chi connectivity index (χ1n) is 13.6. The van der Waals surface area contributed by atoms with Gasteiger partial charge in [0.2, 0.25) is 0 Å². The van der Waals surface area contributed by atoms with Gasteiger partial charge in [0, 0.05) is 48.5 Å². The molecule has 5 rings (SSSR count). The molecule has 2 aliphatic heterocycles. The molecular weight excluding hydrogens is 489 g/mol. The van der Waals surface area contributed by atoms with Crippen molar-refractivity contribution in [3.05, 3.63) is 65.1 Å². The molecule has 0 unspecified atom stereocenters. The van der Waals surface area contributed by atoms with E-state index in [1.54, 1.807) is 0 Å². The predicted octanol–water partition coefficient (Wildman–Crippen LogP) is 5.69. The first-order valence-corrected chi connectivity index (χ1v) is 13.9. The second-order valence-electron chi connectivity index (χ2n) is 10.3. The van der Waals surface area contributed by atoms with Crippen LogP contribution in [0.25, 0.3) is 16.6 Å². The van der Waals surface area contributed by atoms with Gasteiger partial charge in [-0.25, -0.2) is 9.18 Å². The SMILES string of the molecule is CCCCNCN1CCN(CCN2CCC(c3cn(-c4ccc(F)cc4)c4ccc(Cl)cc34)CC2)C1=O. The quantitative estimate of drug-likeness (QED) is 0.346. The molecule has 2 fully saturated rings. The van der Waals surface area contributed by atoms with Gasteiger partial charge in [0.1, 0.15) is 5.82 Å². The van der Waals surface area contributed by atoms with E-state index in [9.17, 15) is 9.18 Å². The summed E-state index contributed by atoms with van der Waals surface area (Å²) in [6, 6.07) is 12.8. The number of carbonyl (C=O) groups is 1. The molecule has 3 aromatic rings. The van der Waals surface area contributed by atoms with E-state index in [1.807, 2.05) is 28.0 Å². The zero-order chi connectivity index (χ0) is 25.8. The van der Waals surface area contributed by atoms with Gasteiger partial charge in [-0.1, -0.05) is 24.9 Å². The van der Waals surface area contributed by atoms with Crippen LogP contribution in [-0.2, 0) is 0 Å². The van der Waals surface area contributed by atoms with E-state index in [1.165, 1.54) is 23.1 Å². The first-order chi connectivity index (χ1) is 18.0. The highest BCUT2D eigenvalue weighted by atomic mass is 35.5. The summed E-state index contributed by atoms with van der Waals surface area (Å²) in [5.74, 6) is 0.208. The fourth-order valence-electron chi connectivity index (χ4n) is 5.60. The molecule has 198 valence electrons. The van der Waals surface area contributed by atoms with Gasteiger partial charge >= 0.3 is 6.03 Å². The van der Waals surface area contributed by atoms with Crippen molar-refractivity contribution in [2.24, 2.45) is 0 Å². The number of nitrogens with zero attached hydrogens (tertiary/aromatic N) is 4. The smallest absolute Gasteiger partial charge is 0.321 e. The summed E-state index contributed by atoms with van der Waals surface area (Å²) < 4.78 is 15.7. The fourth-order valence-corrected chi connectivity index (χ4v) is 5.77. The average molecular weight is 526 g/mol. The summed E-state index contributed by atoms with van der Waals surface area (Å²) >= 11 is 6.39. The van der Waals surface area contributed by atoms with E-state index < -0.39 is 0 Å². The fraction of sp³-hybridized carbons (Fsp3) is 0.483. The Morgan fingerprint density at radius 1 is 1.00 bits per heavy atom. The van der Waals surface area contributed by atoms with Gasteiger partial charge in [0.15, 0.2) is 0 Å². The number of fused-ring (bicyclic) bond motifs is 1. The Hall–Kier alpha value is -2.61. The minimum Gasteiger partial charge on any atom is -0.322 e. The van der Waals surface area contributed by atoms with E-state index in [-0.39, 0.29) is 11.8 Å². The van der Waals surface area contributed by atoms with Crippen LogP contribution in [0.15, 0.2) is 48.7 Å². The zero-order valence-corrected chi connectivity index (χ0v) is 22.4. The van der Waals surface area contributed by atoms with Crippen LogP contribution >= 0.6 is 11.6 Å². The normalized spacial score (nSPS) is 17.4. The molecule has 0 aliphatic carbocycles. The zero-order valence-electron chi connectivity index (χ0n) is 21.6. The molecule has 8 heteroatoms. The maximum absolute atomic E-state index is 13.5. The monoisotopic (exact) mass is 525 g/mol. The highest BCUT2D eigenvalue weighted by Crippen LogP contribution is 2.37. The molecule has 3 heterocycles. The van der Waals surface area contributed by atoms with Crippen LogP contribution in [0.3, 0.4) is 0 Å². The maximum atomic E-state index is 13.5. The second-order valence-corrected chi connectivity index (χ2v) is 10.7. The van der Waals surface area contributed by atoms with Crippen molar-refractivity contribution in [1.29, 1.82) is 0 Å². The van der Waals surface area contributed by atoms with Crippen LogP contribution in [0.4, 0.5) is 9.18 Å². The third-order valence-corrected chi connectivity index (χ3v) is 8.04. The highest BCUT2D eigenvalue weighted by molar-refractivity contribution is 6.31. The average Bonchev–Trinajstić information content (AvgIpc) is 3.46. The summed E-state index contributed by atoms with van der Waals surface area (Å²) in [6.07, 6.45) is 6.64. The van der Waals surface area contributed by atoms with Gasteiger partial charge in [-0.05, 0) is 92.8 Å². The van der Waals surface area contributed by atoms with Crippen LogP contribution in [0.1, 0.15) is 44.1 Å². The van der Waals surface area contributed by atoms with E-state index in [0.717, 1.165) is 87.7 Å². The summed E-state index contributed by atoms with van der Waals surface area (Å²) in [5.41, 5.74) is 3.35. The Balaban J connectivity index is 1.18. The number of carbonyl (C=O) groups excluding carboxylic acids is 1. The highest BCUT2D eigenvalue weighted by Gasteiger charge is 2.29. The molecule has 0 radical (unpaired) electrons. The first kappa shape index (κ1) is 26.0. The number of hydrogen-bond acceptors (Lipinski definition) is 3. The van der Waals surface area contributed by atoms with Gasteiger partial charge in [-0.2, -0.15) is 0 Å². The largest absolute Gasteiger partial charge is 0.322 e. The van der Waals surface area contributed by atoms with Gasteiger partial charge in [-0.15, -0.1) is 0 Å². The van der Waals surface area contributed by atoms with Crippen molar-refractivity contribution < 1.29 is 9.18 Å². The van der Waals surface area contributed by atoms with Crippen molar-refractivity contribution in [3.63, 3.8) is 0 Å². The number of nitrogens with one attached hydrogen (secondary N) is 1. The topological polar surface area (TPSA) is 43.8 Å². The van der Waals surface area contributed by atoms with Crippen LogP contribution in [0, 0.1) is 5.82 Å². The van der Waals surface area contributed by atoms with Gasteiger partial charge in [0.05, 0.1) is 12.2 Å². The molecule has 37 heavy (non-hydrogen) atoms. The Bertz CT molecular complexity index is 1200. The van der Waals surface area contributed by atoms with Crippen molar-refractivity contribution in [2.45, 2.75) is 38.5 Å². The molecule has 0 spiro atoms. The molecule has 2 amide bonds. The standard InChI is InChI=1S/C29H37ClFN5O/c1-2-3-12-32-21-35-18-17-34(29(35)37)16-15-33-13-10-22(11-14-33)27-20-36(25-7-5-24(31)6-8-25)28-9-4-23(30)19-26(27)28/h4-9,19-20,22,32H,2-3,10-18,21H2,1H3. The number of halogens is 2. The van der Waals surface area contributed by atoms with Gasteiger partial charge in [0.25, 0.3) is 0 Å². The molecule has 0 saturated carbocycles. The third-order valence-electron chi connectivity index (χ3n) is 7.81. The number of unbranched alkanes of at least 4 members (excludes halogenated alkanes) is 1. The van der Waals surface area contributed by atoms with Gasteiger partial charge < -0.3 is 19.3 Å². The number of rotatable bonds is 10. The Morgan fingerprint density at radius 3 is 2.51 bits per heavy atom. The third kappa shape index (κ3) is 5.95. The molecule has 2 aromatic carbocycles. The Kier molecular flexibility index (Phi) is 8.33. The summed E-state index contributed by atoms with van der Waals surface area (Å²) in [5, 5.41) is 5.28. The number of urea groups is 1. The predicted molar refractivity (Wildman–Crippen MR) is 148 cm³/mol. The second kappa shape index (κ2) is 11.8. The van der Waals surface area contributed by atoms with E-state index in [0.29, 0.717) is 12.6 Å². The Labute approximate surface area is 224 Å². The summed E-state index contributed by atoms with van der Waals surface area (Å²) in [7, 11) is 0. The number of piperidine rings is 1. The lowest BCUT2D eigenvalue weighted by Crippen LogP contribution is -2.42. The van der Waals surface area contributed by atoms with Crippen LogP contribution < -0.4 is 5.32 Å². The molecule has 6 nitrogen and oxygen atoms in total. The lowest BCUT2D eigenvalue weighted by Gasteiger charge is -2.33. The molecule has 0 bridgehead atoms. The minimum atomic E-state index is -0.233. The lowest BCUT2D eigenvalue weighted by atomic mass is 9.89. The summed E-state index contributed by atoms with van der Waals surface area (Å²) in [6.45, 7) is 9.13. The molecule has 1 aromatic heterocycles. The van der Waals surface area contributed by atoms with Crippen LogP contribution in [0.2, 0.25) is 5.02 Å². The Morgan fingerprint density at radius 2 is 1.76 bits per heavy atom. The van der Waals surface area contributed by atoms with Crippen molar-refractivity contribution in [2.75, 3.05) is 52.5 Å². The summed E-state index contributed by atoms with van der Waals surface area (Å²) in [4.78, 5) is 19.1. The minimum absolute atomic E-state index is 0.157. The molecule has 1 N–H and O–H groups in total. The number of amides is 2. The van der Waals surface area contributed by atoms with E-state index in [2.05, 4.69) is 40.0 Å². The number of aromatic nitrogens is 1. The van der Waals surface area contributed by atoms with E-state index in [4.69, 9.17) is 11.6 Å². The molecular formula is C29H37ClFN5O. The van der Waals surface area contributed by atoms with Crippen LogP contribution in [-0.4, -0.2) is 77.8 Å². The van der Waals surface area contributed by atoms with E-state index >= 15 is 0 Å². The van der Waals surface area contributed by atoms with Crippen molar-refractivity contribution >= 4 is 28.5 Å². The number of benzene rings is 2. The van der Waals surface area contributed by atoms with Crippen molar-refractivity contribution in [3.8, 4) is 5.69 Å². The molecule has 2 saturated heterocycles. The molecule has 2 aliphatic rings. The number of hydrogen-bond donors (Lipinski definition) is 1. The van der Waals surface area contributed by atoms with Crippen LogP contribution in [0.5, 0.6) is 0 Å². The number of likely N-dealkylation sites (tertiary alicyclic amines) is 1. The molecule has 0 atom stereocenters. The van der Waals surface area contributed by atoms with Gasteiger partial charge in [-0.3, -0.25) is 5.32 Å². The maximum Gasteiger partial charge on any atom is 0.321 e.